The van der Waals surface area contributed by atoms with Crippen molar-refractivity contribution in [2.24, 2.45) is 0 Å². The number of rotatable bonds is 5. The Kier molecular flexibility index (Phi) is 4.50. The minimum atomic E-state index is -0.205. The van der Waals surface area contributed by atoms with E-state index in [1.165, 1.54) is 5.56 Å². The Hall–Kier alpha value is -0.860. The summed E-state index contributed by atoms with van der Waals surface area (Å²) in [5.41, 5.74) is 1.29. The Bertz CT molecular complexity index is 221. The number of hydrogen-bond donors (Lipinski definition) is 2. The van der Waals surface area contributed by atoms with Gasteiger partial charge in [-0.1, -0.05) is 30.3 Å². The average Bonchev–Trinajstić information content (AvgIpc) is 2.14. The van der Waals surface area contributed by atoms with Gasteiger partial charge in [-0.05, 0) is 25.5 Å². The second-order valence-corrected chi connectivity index (χ2v) is 3.30. The molecule has 0 aliphatic carbocycles. The van der Waals surface area contributed by atoms with Crippen LogP contribution in [0.2, 0.25) is 0 Å². The van der Waals surface area contributed by atoms with Crippen molar-refractivity contribution in [3.8, 4) is 0 Å². The first-order valence-electron chi connectivity index (χ1n) is 4.72. The van der Waals surface area contributed by atoms with Crippen molar-refractivity contribution in [3.05, 3.63) is 35.9 Å². The average molecular weight is 179 g/mol. The maximum atomic E-state index is 9.01. The lowest BCUT2D eigenvalue weighted by Gasteiger charge is -2.06. The van der Waals surface area contributed by atoms with Crippen LogP contribution in [-0.4, -0.2) is 17.8 Å². The highest BCUT2D eigenvalue weighted by atomic mass is 16.3. The van der Waals surface area contributed by atoms with Gasteiger partial charge >= 0.3 is 0 Å². The van der Waals surface area contributed by atoms with Crippen molar-refractivity contribution >= 4 is 0 Å². The molecule has 72 valence electrons. The summed E-state index contributed by atoms with van der Waals surface area (Å²) in [6.07, 6.45) is 0.607. The summed E-state index contributed by atoms with van der Waals surface area (Å²) >= 11 is 0. The summed E-state index contributed by atoms with van der Waals surface area (Å²) in [6.45, 7) is 3.56. The van der Waals surface area contributed by atoms with Crippen molar-refractivity contribution in [1.29, 1.82) is 0 Å². The van der Waals surface area contributed by atoms with Crippen LogP contribution in [-0.2, 0) is 6.54 Å². The van der Waals surface area contributed by atoms with Crippen molar-refractivity contribution in [2.45, 2.75) is 26.0 Å². The molecule has 0 fully saturated rings. The Morgan fingerprint density at radius 3 is 2.62 bits per heavy atom. The highest BCUT2D eigenvalue weighted by Gasteiger charge is 1.94. The third kappa shape index (κ3) is 4.65. The topological polar surface area (TPSA) is 32.3 Å². The molecule has 0 saturated heterocycles. The van der Waals surface area contributed by atoms with E-state index in [1.807, 2.05) is 25.1 Å². The third-order valence-electron chi connectivity index (χ3n) is 1.91. The number of nitrogens with one attached hydrogen (secondary N) is 1. The first kappa shape index (κ1) is 10.2. The molecule has 1 aromatic rings. The standard InChI is InChI=1S/C11H17NO/c1-10(13)7-8-12-9-11-5-3-2-4-6-11/h2-6,10,12-13H,7-9H2,1H3/t10-/m0/s1. The molecule has 13 heavy (non-hydrogen) atoms. The second-order valence-electron chi connectivity index (χ2n) is 3.30. The zero-order valence-electron chi connectivity index (χ0n) is 8.03. The fourth-order valence-electron chi connectivity index (χ4n) is 1.14. The maximum Gasteiger partial charge on any atom is 0.0524 e. The molecular formula is C11H17NO. The predicted molar refractivity (Wildman–Crippen MR) is 54.4 cm³/mol. The van der Waals surface area contributed by atoms with Crippen LogP contribution in [0.1, 0.15) is 18.9 Å². The Morgan fingerprint density at radius 1 is 1.31 bits per heavy atom. The van der Waals surface area contributed by atoms with Gasteiger partial charge in [0.25, 0.3) is 0 Å². The normalized spacial score (nSPS) is 12.8. The van der Waals surface area contributed by atoms with Gasteiger partial charge in [0.1, 0.15) is 0 Å². The summed E-state index contributed by atoms with van der Waals surface area (Å²) in [6, 6.07) is 10.3. The highest BCUT2D eigenvalue weighted by molar-refractivity contribution is 5.14. The summed E-state index contributed by atoms with van der Waals surface area (Å²) in [5.74, 6) is 0. The second kappa shape index (κ2) is 5.73. The summed E-state index contributed by atoms with van der Waals surface area (Å²) < 4.78 is 0. The monoisotopic (exact) mass is 179 g/mol. The predicted octanol–water partition coefficient (Wildman–Crippen LogP) is 1.55. The fraction of sp³-hybridized carbons (Fsp3) is 0.455. The lowest BCUT2D eigenvalue weighted by atomic mass is 10.2. The van der Waals surface area contributed by atoms with Crippen molar-refractivity contribution < 1.29 is 5.11 Å². The van der Waals surface area contributed by atoms with E-state index in [0.29, 0.717) is 0 Å². The van der Waals surface area contributed by atoms with E-state index >= 15 is 0 Å². The molecule has 0 amide bonds. The molecule has 2 nitrogen and oxygen atoms in total. The largest absolute Gasteiger partial charge is 0.393 e. The SMILES string of the molecule is C[C@H](O)CCNCc1ccccc1. The van der Waals surface area contributed by atoms with Crippen LogP contribution in [0, 0.1) is 0 Å². The molecule has 2 heteroatoms. The van der Waals surface area contributed by atoms with Gasteiger partial charge in [-0.25, -0.2) is 0 Å². The van der Waals surface area contributed by atoms with Crippen LogP contribution in [0.4, 0.5) is 0 Å². The molecule has 0 aliphatic heterocycles. The van der Waals surface area contributed by atoms with E-state index in [-0.39, 0.29) is 6.10 Å². The molecule has 0 aliphatic rings. The number of benzene rings is 1. The van der Waals surface area contributed by atoms with Gasteiger partial charge in [-0.3, -0.25) is 0 Å². The van der Waals surface area contributed by atoms with Gasteiger partial charge in [0.05, 0.1) is 6.10 Å². The molecule has 1 aromatic carbocycles. The number of aliphatic hydroxyl groups excluding tert-OH is 1. The third-order valence-corrected chi connectivity index (χ3v) is 1.91. The smallest absolute Gasteiger partial charge is 0.0524 e. The lowest BCUT2D eigenvalue weighted by molar-refractivity contribution is 0.183. The Balaban J connectivity index is 2.13. The van der Waals surface area contributed by atoms with Crippen LogP contribution >= 0.6 is 0 Å². The quantitative estimate of drug-likeness (QED) is 0.672. The molecule has 1 atom stereocenters. The minimum Gasteiger partial charge on any atom is -0.393 e. The minimum absolute atomic E-state index is 0.205. The molecule has 0 radical (unpaired) electrons. The van der Waals surface area contributed by atoms with Crippen molar-refractivity contribution in [1.82, 2.24) is 5.32 Å². The molecule has 0 spiro atoms. The van der Waals surface area contributed by atoms with Crippen LogP contribution in [0.5, 0.6) is 0 Å². The van der Waals surface area contributed by atoms with Gasteiger partial charge in [0.15, 0.2) is 0 Å². The zero-order valence-corrected chi connectivity index (χ0v) is 8.03. The number of hydrogen-bond acceptors (Lipinski definition) is 2. The van der Waals surface area contributed by atoms with Crippen LogP contribution < -0.4 is 5.32 Å². The van der Waals surface area contributed by atoms with E-state index in [4.69, 9.17) is 5.11 Å². The maximum absolute atomic E-state index is 9.01. The Morgan fingerprint density at radius 2 is 2.00 bits per heavy atom. The first-order valence-corrected chi connectivity index (χ1v) is 4.72. The van der Waals surface area contributed by atoms with Crippen molar-refractivity contribution in [3.63, 3.8) is 0 Å². The van der Waals surface area contributed by atoms with Gasteiger partial charge in [0.2, 0.25) is 0 Å². The first-order chi connectivity index (χ1) is 6.29. The fourth-order valence-corrected chi connectivity index (χ4v) is 1.14. The summed E-state index contributed by atoms with van der Waals surface area (Å²) in [7, 11) is 0. The van der Waals surface area contributed by atoms with Gasteiger partial charge in [-0.2, -0.15) is 0 Å². The van der Waals surface area contributed by atoms with Gasteiger partial charge in [0, 0.05) is 6.54 Å². The molecule has 0 saturated carbocycles. The highest BCUT2D eigenvalue weighted by Crippen LogP contribution is 1.97. The van der Waals surface area contributed by atoms with Crippen LogP contribution in [0.25, 0.3) is 0 Å². The van der Waals surface area contributed by atoms with Crippen molar-refractivity contribution in [2.75, 3.05) is 6.54 Å². The molecule has 0 heterocycles. The van der Waals surface area contributed by atoms with E-state index in [2.05, 4.69) is 17.4 Å². The van der Waals surface area contributed by atoms with E-state index in [1.54, 1.807) is 0 Å². The molecular weight excluding hydrogens is 162 g/mol. The molecule has 0 bridgehead atoms. The Labute approximate surface area is 79.6 Å². The van der Waals surface area contributed by atoms with E-state index < -0.39 is 0 Å². The van der Waals surface area contributed by atoms with E-state index in [0.717, 1.165) is 19.5 Å². The molecule has 0 unspecified atom stereocenters. The van der Waals surface area contributed by atoms with Gasteiger partial charge < -0.3 is 10.4 Å². The van der Waals surface area contributed by atoms with Crippen LogP contribution in [0.3, 0.4) is 0 Å². The molecule has 1 rings (SSSR count). The zero-order chi connectivity index (χ0) is 9.52. The molecule has 2 N–H and O–H groups in total. The summed E-state index contributed by atoms with van der Waals surface area (Å²) in [5, 5.41) is 12.3. The van der Waals surface area contributed by atoms with Gasteiger partial charge in [-0.15, -0.1) is 0 Å². The molecule has 0 aromatic heterocycles. The number of aliphatic hydroxyl groups is 1. The van der Waals surface area contributed by atoms with E-state index in [9.17, 15) is 0 Å². The lowest BCUT2D eigenvalue weighted by Crippen LogP contribution is -2.18. The van der Waals surface area contributed by atoms with Crippen LogP contribution in [0.15, 0.2) is 30.3 Å². The summed E-state index contributed by atoms with van der Waals surface area (Å²) in [4.78, 5) is 0.